The Morgan fingerprint density at radius 1 is 0.544 bits per heavy atom. The highest BCUT2D eigenvalue weighted by molar-refractivity contribution is 5.73. The number of ether oxygens (including phenoxy) is 2. The summed E-state index contributed by atoms with van der Waals surface area (Å²) >= 11 is 0. The molecule has 2 atom stereocenters. The Hall–Kier alpha value is -2.27. The predicted molar refractivity (Wildman–Crippen MR) is 238 cm³/mol. The van der Waals surface area contributed by atoms with Gasteiger partial charge in [-0.05, 0) is 90.5 Å². The van der Waals surface area contributed by atoms with Gasteiger partial charge in [-0.25, -0.2) is 0 Å². The molecule has 0 aliphatic rings. The zero-order valence-electron chi connectivity index (χ0n) is 37.3. The minimum Gasteiger partial charge on any atom is -0.480 e. The van der Waals surface area contributed by atoms with Crippen molar-refractivity contribution in [2.24, 2.45) is 11.5 Å². The Morgan fingerprint density at radius 3 is 1.28 bits per heavy atom. The summed E-state index contributed by atoms with van der Waals surface area (Å²) in [5.41, 5.74) is 10.4. The normalized spacial score (nSPS) is 12.1. The first-order valence-corrected chi connectivity index (χ1v) is 23.2. The summed E-state index contributed by atoms with van der Waals surface area (Å²) < 4.78 is 10.7. The fourth-order valence-corrected chi connectivity index (χ4v) is 5.91. The van der Waals surface area contributed by atoms with E-state index in [1.807, 2.05) is 0 Å². The lowest BCUT2D eigenvalue weighted by Gasteiger charge is -2.13. The van der Waals surface area contributed by atoms with Gasteiger partial charge in [0.05, 0.1) is 13.2 Å². The second-order valence-electron chi connectivity index (χ2n) is 15.3. The summed E-state index contributed by atoms with van der Waals surface area (Å²) in [6.07, 6.45) is 44.4. The number of carbonyl (C=O) groups is 3. The van der Waals surface area contributed by atoms with Gasteiger partial charge < -0.3 is 36.3 Å². The summed E-state index contributed by atoms with van der Waals surface area (Å²) in [5.74, 6) is -1.30. The van der Waals surface area contributed by atoms with E-state index < -0.39 is 12.0 Å². The minimum absolute atomic E-state index is 0.125. The largest absolute Gasteiger partial charge is 0.480 e. The van der Waals surface area contributed by atoms with Crippen LogP contribution in [0.4, 0.5) is 0 Å². The van der Waals surface area contributed by atoms with E-state index in [1.165, 1.54) is 141 Å². The zero-order chi connectivity index (χ0) is 42.9. The average Bonchev–Trinajstić information content (AvgIpc) is 3.20. The van der Waals surface area contributed by atoms with Crippen molar-refractivity contribution in [2.45, 2.75) is 232 Å². The first kappa shape index (κ1) is 59.0. The van der Waals surface area contributed by atoms with E-state index in [1.54, 1.807) is 6.92 Å². The van der Waals surface area contributed by atoms with Gasteiger partial charge in [-0.2, -0.15) is 0 Å². The van der Waals surface area contributed by atoms with Gasteiger partial charge in [-0.15, -0.1) is 0 Å². The Balaban J connectivity index is -0.00000175. The van der Waals surface area contributed by atoms with Crippen LogP contribution in [0.5, 0.6) is 0 Å². The summed E-state index contributed by atoms with van der Waals surface area (Å²) in [6.45, 7) is 6.84. The van der Waals surface area contributed by atoms with Crippen LogP contribution in [-0.2, 0) is 23.9 Å². The van der Waals surface area contributed by atoms with Gasteiger partial charge in [-0.3, -0.25) is 14.4 Å². The molecule has 0 rings (SSSR count). The van der Waals surface area contributed by atoms with Crippen LogP contribution < -0.4 is 11.5 Å². The summed E-state index contributed by atoms with van der Waals surface area (Å²) in [5, 5.41) is 23.6. The molecule has 0 aromatic rings. The third-order valence-corrected chi connectivity index (χ3v) is 9.48. The minimum atomic E-state index is -0.933. The number of aliphatic hydroxyl groups excluding tert-OH is 2. The van der Waals surface area contributed by atoms with E-state index >= 15 is 0 Å². The number of rotatable bonds is 39. The molecule has 0 aliphatic carbocycles. The molecule has 1 unspecified atom stereocenters. The van der Waals surface area contributed by atoms with Crippen LogP contribution in [0, 0.1) is 0 Å². The van der Waals surface area contributed by atoms with Crippen molar-refractivity contribution in [1.82, 2.24) is 0 Å². The van der Waals surface area contributed by atoms with Crippen molar-refractivity contribution in [2.75, 3.05) is 26.4 Å². The number of carboxylic acids is 1. The van der Waals surface area contributed by atoms with Crippen LogP contribution in [0.15, 0.2) is 24.3 Å². The highest BCUT2D eigenvalue weighted by Gasteiger charge is 2.12. The molecule has 0 fully saturated rings. The summed E-state index contributed by atoms with van der Waals surface area (Å²) in [4.78, 5) is 34.2. The summed E-state index contributed by atoms with van der Waals surface area (Å²) in [6, 6.07) is -0.716. The van der Waals surface area contributed by atoms with E-state index in [4.69, 9.17) is 36.3 Å². The van der Waals surface area contributed by atoms with Gasteiger partial charge >= 0.3 is 17.9 Å². The first-order chi connectivity index (χ1) is 27.7. The molecule has 0 saturated heterocycles. The standard InChI is InChI=1S/C39H72O4.C6H14N2O2.C2H6O2/c1-4-6-8-10-12-14-16-18-20-22-24-26-28-30-32-34-38(40)42-36-37(3)43-39(41)35-33-31-29-27-25-23-21-19-17-15-13-11-9-7-5-2;7-4-2-1-3-5(8)6(9)10;3-1-2-4/h18-21,37H,4-17,22-36H2,1-3H3;5H,1-4,7-8H2,(H,9,10);3-4H,1-2H2/b20-18-,21-19-;;/t;5-;/m.0./s1. The zero-order valence-corrected chi connectivity index (χ0v) is 37.3. The van der Waals surface area contributed by atoms with Crippen LogP contribution in [0.2, 0.25) is 0 Å². The molecule has 57 heavy (non-hydrogen) atoms. The smallest absolute Gasteiger partial charge is 0.320 e. The molecule has 338 valence electrons. The van der Waals surface area contributed by atoms with E-state index in [9.17, 15) is 14.4 Å². The molecular formula is C47H92N2O8. The Kier molecular flexibility index (Phi) is 53.6. The van der Waals surface area contributed by atoms with Gasteiger partial charge in [-0.1, -0.05) is 147 Å². The molecule has 0 aliphatic heterocycles. The van der Waals surface area contributed by atoms with Gasteiger partial charge in [0.25, 0.3) is 0 Å². The van der Waals surface area contributed by atoms with E-state index in [2.05, 4.69) is 38.2 Å². The Bertz CT molecular complexity index is 897. The number of carboxylic acid groups (broad SMARTS) is 1. The number of hydrogen-bond acceptors (Lipinski definition) is 9. The molecule has 0 amide bonds. The van der Waals surface area contributed by atoms with Crippen molar-refractivity contribution in [3.05, 3.63) is 24.3 Å². The second-order valence-corrected chi connectivity index (χ2v) is 15.3. The monoisotopic (exact) mass is 813 g/mol. The van der Waals surface area contributed by atoms with Crippen LogP contribution in [0.1, 0.15) is 220 Å². The van der Waals surface area contributed by atoms with Gasteiger partial charge in [0.2, 0.25) is 0 Å². The average molecular weight is 813 g/mol. The van der Waals surface area contributed by atoms with Crippen LogP contribution in [0.25, 0.3) is 0 Å². The molecule has 0 heterocycles. The number of hydrogen-bond donors (Lipinski definition) is 5. The molecule has 7 N–H and O–H groups in total. The highest BCUT2D eigenvalue weighted by Crippen LogP contribution is 2.13. The first-order valence-electron chi connectivity index (χ1n) is 23.2. The third-order valence-electron chi connectivity index (χ3n) is 9.48. The number of nitrogens with two attached hydrogens (primary N) is 2. The molecule has 10 nitrogen and oxygen atoms in total. The molecule has 0 saturated carbocycles. The number of unbranched alkanes of at least 4 members (excludes halogenated alkanes) is 23. The lowest BCUT2D eigenvalue weighted by Crippen LogP contribution is -2.29. The molecule has 0 spiro atoms. The van der Waals surface area contributed by atoms with Crippen molar-refractivity contribution in [3.8, 4) is 0 Å². The van der Waals surface area contributed by atoms with E-state index in [-0.39, 0.29) is 37.9 Å². The van der Waals surface area contributed by atoms with Gasteiger partial charge in [0.15, 0.2) is 0 Å². The van der Waals surface area contributed by atoms with Crippen molar-refractivity contribution in [3.63, 3.8) is 0 Å². The van der Waals surface area contributed by atoms with Crippen molar-refractivity contribution < 1.29 is 39.2 Å². The Morgan fingerprint density at radius 2 is 0.912 bits per heavy atom. The van der Waals surface area contributed by atoms with Crippen molar-refractivity contribution in [1.29, 1.82) is 0 Å². The molecule has 10 heteroatoms. The molecule has 0 bridgehead atoms. The third kappa shape index (κ3) is 55.9. The van der Waals surface area contributed by atoms with Gasteiger partial charge in [0.1, 0.15) is 18.8 Å². The van der Waals surface area contributed by atoms with E-state index in [0.29, 0.717) is 25.8 Å². The lowest BCUT2D eigenvalue weighted by molar-refractivity contribution is -0.158. The topological polar surface area (TPSA) is 182 Å². The maximum atomic E-state index is 12.1. The number of allylic oxidation sites excluding steroid dienone is 4. The van der Waals surface area contributed by atoms with Crippen molar-refractivity contribution >= 4 is 17.9 Å². The SMILES string of the molecule is CCCCCCCC/C=C\CCCCCCCC(=O)OCC(C)OC(=O)CCCCCCC/C=C\CCCCCCCC.NCCCC[C@H](N)C(=O)O.OCCO. The maximum absolute atomic E-state index is 12.1. The number of esters is 2. The molecular weight excluding hydrogens is 721 g/mol. The summed E-state index contributed by atoms with van der Waals surface area (Å²) in [7, 11) is 0. The maximum Gasteiger partial charge on any atom is 0.320 e. The van der Waals surface area contributed by atoms with E-state index in [0.717, 1.165) is 38.5 Å². The lowest BCUT2D eigenvalue weighted by atomic mass is 10.1. The quantitative estimate of drug-likeness (QED) is 0.0227. The van der Waals surface area contributed by atoms with Crippen LogP contribution in [0.3, 0.4) is 0 Å². The highest BCUT2D eigenvalue weighted by atomic mass is 16.6. The predicted octanol–water partition coefficient (Wildman–Crippen LogP) is 11.0. The second kappa shape index (κ2) is 51.7. The Labute approximate surface area is 350 Å². The number of aliphatic hydroxyl groups is 2. The number of aliphatic carboxylic acids is 1. The van der Waals surface area contributed by atoms with Crippen LogP contribution >= 0.6 is 0 Å². The molecule has 0 aromatic heterocycles. The van der Waals surface area contributed by atoms with Gasteiger partial charge in [0, 0.05) is 12.8 Å². The van der Waals surface area contributed by atoms with Crippen LogP contribution in [-0.4, -0.2) is 71.7 Å². The molecule has 0 radical (unpaired) electrons. The fourth-order valence-electron chi connectivity index (χ4n) is 5.91. The number of carbonyl (C=O) groups excluding carboxylic acids is 2. The molecule has 0 aromatic carbocycles. The fraction of sp³-hybridized carbons (Fsp3) is 0.851.